The summed E-state index contributed by atoms with van der Waals surface area (Å²) in [6, 6.07) is 4.51. The van der Waals surface area contributed by atoms with E-state index >= 15 is 0 Å². The first-order valence-corrected chi connectivity index (χ1v) is 12.8. The van der Waals surface area contributed by atoms with E-state index in [-0.39, 0.29) is 17.5 Å². The van der Waals surface area contributed by atoms with Gasteiger partial charge >= 0.3 is 12.3 Å². The number of hydrogen-bond donors (Lipinski definition) is 0. The fourth-order valence-corrected chi connectivity index (χ4v) is 8.02. The van der Waals surface area contributed by atoms with Crippen molar-refractivity contribution in [3.8, 4) is 0 Å². The van der Waals surface area contributed by atoms with Crippen LogP contribution in [-0.4, -0.2) is 65.7 Å². The molecule has 0 bridgehead atoms. The van der Waals surface area contributed by atoms with Gasteiger partial charge in [0, 0.05) is 30.6 Å². The number of carbonyl (C=O) groups excluding carboxylic acids is 2. The first-order chi connectivity index (χ1) is 16.6. The highest BCUT2D eigenvalue weighted by Crippen LogP contribution is 2.65. The van der Waals surface area contributed by atoms with Gasteiger partial charge < -0.3 is 14.5 Å². The molecule has 4 fully saturated rings. The number of benzene rings is 1. The van der Waals surface area contributed by atoms with E-state index in [2.05, 4.69) is 4.90 Å². The van der Waals surface area contributed by atoms with Gasteiger partial charge in [0.2, 0.25) is 5.91 Å². The summed E-state index contributed by atoms with van der Waals surface area (Å²) in [5.74, 6) is 0.374. The van der Waals surface area contributed by atoms with Crippen LogP contribution >= 0.6 is 0 Å². The number of ether oxygens (including phenoxy) is 1. The maximum absolute atomic E-state index is 13.5. The zero-order chi connectivity index (χ0) is 24.8. The summed E-state index contributed by atoms with van der Waals surface area (Å²) >= 11 is 0. The molecular formula is C26H32F3N3O3. The number of anilines is 1. The molecule has 2 saturated carbocycles. The van der Waals surface area contributed by atoms with Crippen LogP contribution in [0, 0.1) is 5.92 Å². The Bertz CT molecular complexity index is 1070. The van der Waals surface area contributed by atoms with Crippen LogP contribution in [0.5, 0.6) is 0 Å². The van der Waals surface area contributed by atoms with Crippen molar-refractivity contribution in [2.75, 3.05) is 31.1 Å². The fourth-order valence-electron chi connectivity index (χ4n) is 8.02. The Balaban J connectivity index is 1.20. The summed E-state index contributed by atoms with van der Waals surface area (Å²) in [4.78, 5) is 30.9. The molecule has 3 heterocycles. The van der Waals surface area contributed by atoms with E-state index in [0.717, 1.165) is 57.7 Å². The summed E-state index contributed by atoms with van der Waals surface area (Å²) < 4.78 is 45.8. The van der Waals surface area contributed by atoms with Gasteiger partial charge in [-0.05, 0) is 88.2 Å². The summed E-state index contributed by atoms with van der Waals surface area (Å²) in [7, 11) is 0. The van der Waals surface area contributed by atoms with E-state index in [1.54, 1.807) is 4.90 Å². The fraction of sp³-hybridized carbons (Fsp3) is 0.692. The number of fused-ring (bicyclic) bond motifs is 2. The number of likely N-dealkylation sites (tertiary alicyclic amines) is 2. The SMILES string of the molecule is CCOC(=O)N1C2CCC3CC(N4CCC5(CC4)CN(C(C)=O)c4ccc(C(F)(F)F)cc45)CC321. The lowest BCUT2D eigenvalue weighted by molar-refractivity contribution is -0.137. The summed E-state index contributed by atoms with van der Waals surface area (Å²) in [5.41, 5.74) is 0.160. The minimum absolute atomic E-state index is 0.0426. The van der Waals surface area contributed by atoms with E-state index in [1.807, 2.05) is 11.8 Å². The first-order valence-electron chi connectivity index (χ1n) is 12.8. The van der Waals surface area contributed by atoms with E-state index in [4.69, 9.17) is 4.74 Å². The van der Waals surface area contributed by atoms with Crippen molar-refractivity contribution in [1.29, 1.82) is 0 Å². The lowest BCUT2D eigenvalue weighted by Crippen LogP contribution is -2.48. The van der Waals surface area contributed by atoms with Crippen molar-refractivity contribution in [3.63, 3.8) is 0 Å². The molecule has 9 heteroatoms. The predicted molar refractivity (Wildman–Crippen MR) is 123 cm³/mol. The molecule has 0 aromatic heterocycles. The molecule has 2 aliphatic carbocycles. The second kappa shape index (κ2) is 7.60. The number of halogens is 3. The lowest BCUT2D eigenvalue weighted by Gasteiger charge is -2.42. The van der Waals surface area contributed by atoms with E-state index in [9.17, 15) is 22.8 Å². The second-order valence-corrected chi connectivity index (χ2v) is 11.1. The molecule has 6 rings (SSSR count). The van der Waals surface area contributed by atoms with Crippen molar-refractivity contribution >= 4 is 17.7 Å². The molecule has 3 aliphatic heterocycles. The van der Waals surface area contributed by atoms with Gasteiger partial charge in [0.1, 0.15) is 0 Å². The van der Waals surface area contributed by atoms with E-state index in [0.29, 0.717) is 42.4 Å². The summed E-state index contributed by atoms with van der Waals surface area (Å²) in [6.45, 7) is 5.73. The minimum Gasteiger partial charge on any atom is -0.450 e. The maximum atomic E-state index is 13.5. The smallest absolute Gasteiger partial charge is 0.416 e. The maximum Gasteiger partial charge on any atom is 0.416 e. The molecule has 0 N–H and O–H groups in total. The number of hydrogen-bond acceptors (Lipinski definition) is 4. The normalized spacial score (nSPS) is 33.0. The Labute approximate surface area is 203 Å². The Morgan fingerprint density at radius 1 is 1.17 bits per heavy atom. The van der Waals surface area contributed by atoms with Crippen LogP contribution in [-0.2, 0) is 21.1 Å². The Morgan fingerprint density at radius 3 is 2.57 bits per heavy atom. The van der Waals surface area contributed by atoms with Gasteiger partial charge in [-0.1, -0.05) is 0 Å². The van der Waals surface area contributed by atoms with Gasteiger partial charge in [0.05, 0.1) is 23.8 Å². The number of amides is 2. The molecule has 6 nitrogen and oxygen atoms in total. The molecule has 35 heavy (non-hydrogen) atoms. The number of alkyl halides is 3. The zero-order valence-electron chi connectivity index (χ0n) is 20.2. The van der Waals surface area contributed by atoms with Crippen LogP contribution in [0.4, 0.5) is 23.7 Å². The molecule has 2 saturated heterocycles. The molecule has 1 aromatic rings. The number of carbonyl (C=O) groups is 2. The molecule has 1 aromatic carbocycles. The van der Waals surface area contributed by atoms with Gasteiger partial charge in [0.15, 0.2) is 0 Å². The topological polar surface area (TPSA) is 52.9 Å². The minimum atomic E-state index is -4.41. The zero-order valence-corrected chi connectivity index (χ0v) is 20.2. The first kappa shape index (κ1) is 23.1. The number of rotatable bonds is 2. The Kier molecular flexibility index (Phi) is 5.03. The molecule has 2 spiro atoms. The van der Waals surface area contributed by atoms with Crippen molar-refractivity contribution < 1.29 is 27.5 Å². The largest absolute Gasteiger partial charge is 0.450 e. The van der Waals surface area contributed by atoms with Crippen LogP contribution in [0.2, 0.25) is 0 Å². The van der Waals surface area contributed by atoms with Crippen LogP contribution in [0.1, 0.15) is 63.5 Å². The van der Waals surface area contributed by atoms with Crippen LogP contribution in [0.25, 0.3) is 0 Å². The average molecular weight is 492 g/mol. The third kappa shape index (κ3) is 3.26. The van der Waals surface area contributed by atoms with Gasteiger partial charge in [-0.15, -0.1) is 0 Å². The van der Waals surface area contributed by atoms with Crippen LogP contribution in [0.15, 0.2) is 18.2 Å². The van der Waals surface area contributed by atoms with Crippen LogP contribution in [0.3, 0.4) is 0 Å². The summed E-state index contributed by atoms with van der Waals surface area (Å²) in [6.07, 6.45) is 1.08. The van der Waals surface area contributed by atoms with Crippen molar-refractivity contribution in [2.45, 2.75) is 81.6 Å². The van der Waals surface area contributed by atoms with Crippen molar-refractivity contribution in [3.05, 3.63) is 29.3 Å². The molecule has 190 valence electrons. The lowest BCUT2D eigenvalue weighted by atomic mass is 9.73. The molecule has 4 atom stereocenters. The molecule has 5 aliphatic rings. The monoisotopic (exact) mass is 491 g/mol. The highest BCUT2D eigenvalue weighted by Gasteiger charge is 2.75. The second-order valence-electron chi connectivity index (χ2n) is 11.1. The average Bonchev–Trinajstić information content (AvgIpc) is 3.07. The number of nitrogens with zero attached hydrogens (tertiary/aromatic N) is 3. The van der Waals surface area contributed by atoms with Crippen LogP contribution < -0.4 is 4.90 Å². The van der Waals surface area contributed by atoms with Gasteiger partial charge in [-0.3, -0.25) is 9.69 Å². The highest BCUT2D eigenvalue weighted by molar-refractivity contribution is 5.94. The predicted octanol–water partition coefficient (Wildman–Crippen LogP) is 4.56. The van der Waals surface area contributed by atoms with E-state index in [1.165, 1.54) is 19.1 Å². The quantitative estimate of drug-likeness (QED) is 0.570. The van der Waals surface area contributed by atoms with E-state index < -0.39 is 17.2 Å². The molecular weight excluding hydrogens is 459 g/mol. The summed E-state index contributed by atoms with van der Waals surface area (Å²) in [5, 5.41) is 0. The van der Waals surface area contributed by atoms with Crippen molar-refractivity contribution in [2.24, 2.45) is 5.92 Å². The Hall–Kier alpha value is -2.29. The molecule has 0 radical (unpaired) electrons. The Morgan fingerprint density at radius 2 is 1.91 bits per heavy atom. The molecule has 4 unspecified atom stereocenters. The van der Waals surface area contributed by atoms with Crippen molar-refractivity contribution in [1.82, 2.24) is 9.80 Å². The highest BCUT2D eigenvalue weighted by atomic mass is 19.4. The number of piperidine rings is 2. The molecule has 2 amide bonds. The van der Waals surface area contributed by atoms with Gasteiger partial charge in [-0.25, -0.2) is 4.79 Å². The third-order valence-corrected chi connectivity index (χ3v) is 9.65. The third-order valence-electron chi connectivity index (χ3n) is 9.65. The van der Waals surface area contributed by atoms with Gasteiger partial charge in [0.25, 0.3) is 0 Å². The van der Waals surface area contributed by atoms with Gasteiger partial charge in [-0.2, -0.15) is 13.2 Å². The standard InChI is InChI=1S/C26H32F3N3O3/c1-3-35-23(34)32-22-7-5-17-12-19(14-25(17,22)32)30-10-8-24(9-11-30)15-31(16(2)33)21-6-4-18(13-20(21)24)26(27,28)29/h4,6,13,17,19,22H,3,5,7-12,14-15H2,1-2H3.